The highest BCUT2D eigenvalue weighted by atomic mass is 16.5. The first-order valence-corrected chi connectivity index (χ1v) is 8.84. The molecule has 0 aliphatic carbocycles. The second-order valence-corrected chi connectivity index (χ2v) is 5.90. The molecule has 1 aromatic carbocycles. The number of benzene rings is 1. The Bertz CT molecular complexity index is 646. The number of oxazole rings is 1. The minimum Gasteiger partial charge on any atom is -0.463 e. The number of unbranched alkanes of at least 4 members (excludes halogenated alkanes) is 3. The number of aromatic nitrogens is 1. The van der Waals surface area contributed by atoms with Crippen LogP contribution in [-0.4, -0.2) is 31.3 Å². The van der Waals surface area contributed by atoms with Gasteiger partial charge in [0.25, 0.3) is 0 Å². The molecule has 0 amide bonds. The summed E-state index contributed by atoms with van der Waals surface area (Å²) in [5.74, 6) is 0.368. The lowest BCUT2D eigenvalue weighted by atomic mass is 10.1. The number of nitrogens with zero attached hydrogens (tertiary/aromatic N) is 1. The Hall–Kier alpha value is -2.40. The number of hydrogen-bond acceptors (Lipinski definition) is 5. The number of methoxy groups -OCH3 is 1. The Morgan fingerprint density at radius 3 is 2.31 bits per heavy atom. The molecule has 2 rings (SSSR count). The van der Waals surface area contributed by atoms with Gasteiger partial charge in [-0.25, -0.2) is 9.78 Å². The normalized spacial score (nSPS) is 9.96. The van der Waals surface area contributed by atoms with Gasteiger partial charge in [0.1, 0.15) is 12.0 Å². The molecule has 1 aromatic heterocycles. The SMILES string of the molecule is C=CC(=O)OCCCCCCOC.Cc1ccc(-c2coc(C)n2)cc1. The maximum atomic E-state index is 10.6. The maximum Gasteiger partial charge on any atom is 0.330 e. The summed E-state index contributed by atoms with van der Waals surface area (Å²) in [5, 5.41) is 0. The van der Waals surface area contributed by atoms with Gasteiger partial charge in [-0.3, -0.25) is 0 Å². The average Bonchev–Trinajstić information content (AvgIpc) is 3.08. The van der Waals surface area contributed by atoms with E-state index in [0.717, 1.165) is 43.5 Å². The largest absolute Gasteiger partial charge is 0.463 e. The predicted molar refractivity (Wildman–Crippen MR) is 103 cm³/mol. The average molecular weight is 359 g/mol. The number of rotatable bonds is 9. The van der Waals surface area contributed by atoms with Gasteiger partial charge in [0.15, 0.2) is 5.89 Å². The molecule has 0 saturated carbocycles. The predicted octanol–water partition coefficient (Wildman–Crippen LogP) is 4.88. The lowest BCUT2D eigenvalue weighted by molar-refractivity contribution is -0.137. The van der Waals surface area contributed by atoms with E-state index in [4.69, 9.17) is 13.9 Å². The lowest BCUT2D eigenvalue weighted by Gasteiger charge is -2.01. The van der Waals surface area contributed by atoms with Gasteiger partial charge >= 0.3 is 5.97 Å². The Balaban J connectivity index is 0.000000260. The highest BCUT2D eigenvalue weighted by Crippen LogP contribution is 2.18. The third-order valence-electron chi connectivity index (χ3n) is 3.62. The van der Waals surface area contributed by atoms with Crippen LogP contribution < -0.4 is 0 Å². The number of esters is 1. The van der Waals surface area contributed by atoms with E-state index < -0.39 is 0 Å². The van der Waals surface area contributed by atoms with Crippen LogP contribution in [0.1, 0.15) is 37.1 Å². The number of carbonyl (C=O) groups is 1. The molecule has 0 bridgehead atoms. The van der Waals surface area contributed by atoms with Crippen LogP contribution in [-0.2, 0) is 14.3 Å². The van der Waals surface area contributed by atoms with Crippen molar-refractivity contribution in [2.45, 2.75) is 39.5 Å². The molecule has 5 nitrogen and oxygen atoms in total. The zero-order chi connectivity index (χ0) is 19.2. The molecule has 0 spiro atoms. The fourth-order valence-electron chi connectivity index (χ4n) is 2.15. The van der Waals surface area contributed by atoms with Crippen molar-refractivity contribution in [3.8, 4) is 11.3 Å². The van der Waals surface area contributed by atoms with E-state index >= 15 is 0 Å². The van der Waals surface area contributed by atoms with Crippen LogP contribution >= 0.6 is 0 Å². The van der Waals surface area contributed by atoms with Gasteiger partial charge in [-0.1, -0.05) is 42.8 Å². The summed E-state index contributed by atoms with van der Waals surface area (Å²) in [6, 6.07) is 8.23. The van der Waals surface area contributed by atoms with Crippen molar-refractivity contribution < 1.29 is 18.7 Å². The van der Waals surface area contributed by atoms with Gasteiger partial charge in [0, 0.05) is 32.3 Å². The highest BCUT2D eigenvalue weighted by molar-refractivity contribution is 5.81. The summed E-state index contributed by atoms with van der Waals surface area (Å²) in [4.78, 5) is 14.8. The van der Waals surface area contributed by atoms with Crippen LogP contribution in [0.15, 0.2) is 47.6 Å². The van der Waals surface area contributed by atoms with E-state index in [1.165, 1.54) is 11.6 Å². The third-order valence-corrected chi connectivity index (χ3v) is 3.62. The number of ether oxygens (including phenoxy) is 2. The maximum absolute atomic E-state index is 10.6. The van der Waals surface area contributed by atoms with Crippen LogP contribution in [0.2, 0.25) is 0 Å². The zero-order valence-corrected chi connectivity index (χ0v) is 16.0. The Morgan fingerprint density at radius 2 is 1.77 bits per heavy atom. The van der Waals surface area contributed by atoms with Gasteiger partial charge in [0.2, 0.25) is 0 Å². The molecular formula is C21H29NO4. The Morgan fingerprint density at radius 1 is 1.12 bits per heavy atom. The van der Waals surface area contributed by atoms with Gasteiger partial charge in [-0.15, -0.1) is 0 Å². The van der Waals surface area contributed by atoms with Crippen molar-refractivity contribution >= 4 is 5.97 Å². The van der Waals surface area contributed by atoms with E-state index in [0.29, 0.717) is 12.5 Å². The molecule has 0 radical (unpaired) electrons. The number of carbonyl (C=O) groups excluding carboxylic acids is 1. The first kappa shape index (κ1) is 21.6. The first-order valence-electron chi connectivity index (χ1n) is 8.84. The van der Waals surface area contributed by atoms with Crippen LogP contribution in [0.4, 0.5) is 0 Å². The molecule has 0 saturated heterocycles. The molecule has 0 aliphatic heterocycles. The monoisotopic (exact) mass is 359 g/mol. The number of hydrogen-bond donors (Lipinski definition) is 0. The second kappa shape index (κ2) is 12.9. The van der Waals surface area contributed by atoms with Crippen LogP contribution in [0, 0.1) is 13.8 Å². The standard InChI is InChI=1S/C11H11NO.C10H18O3/c1-8-3-5-10(6-4-8)11-7-13-9(2)12-11;1-3-10(11)13-9-7-5-4-6-8-12-2/h3-7H,1-2H3;3H,1,4-9H2,2H3. The van der Waals surface area contributed by atoms with Crippen molar-refractivity contribution in [2.75, 3.05) is 20.3 Å². The van der Waals surface area contributed by atoms with E-state index in [1.807, 2.05) is 19.1 Å². The van der Waals surface area contributed by atoms with Crippen molar-refractivity contribution in [1.82, 2.24) is 4.98 Å². The van der Waals surface area contributed by atoms with Gasteiger partial charge in [-0.05, 0) is 26.2 Å². The minimum atomic E-state index is -0.336. The summed E-state index contributed by atoms with van der Waals surface area (Å²) in [6.07, 6.45) is 7.06. The van der Waals surface area contributed by atoms with Gasteiger partial charge < -0.3 is 13.9 Å². The first-order chi connectivity index (χ1) is 12.6. The van der Waals surface area contributed by atoms with Crippen molar-refractivity contribution in [3.63, 3.8) is 0 Å². The van der Waals surface area contributed by atoms with Crippen molar-refractivity contribution in [3.05, 3.63) is 54.6 Å². The molecule has 0 N–H and O–H groups in total. The summed E-state index contributed by atoms with van der Waals surface area (Å²) < 4.78 is 14.9. The van der Waals surface area contributed by atoms with Gasteiger partial charge in [0.05, 0.1) is 6.61 Å². The topological polar surface area (TPSA) is 61.6 Å². The second-order valence-electron chi connectivity index (χ2n) is 5.90. The summed E-state index contributed by atoms with van der Waals surface area (Å²) in [7, 11) is 1.70. The van der Waals surface area contributed by atoms with Crippen molar-refractivity contribution in [1.29, 1.82) is 0 Å². The molecule has 0 atom stereocenters. The van der Waals surface area contributed by atoms with E-state index in [9.17, 15) is 4.79 Å². The number of aryl methyl sites for hydroxylation is 2. The molecule has 5 heteroatoms. The molecule has 2 aromatic rings. The fraction of sp³-hybridized carbons (Fsp3) is 0.429. The van der Waals surface area contributed by atoms with E-state index in [-0.39, 0.29) is 5.97 Å². The fourth-order valence-corrected chi connectivity index (χ4v) is 2.15. The van der Waals surface area contributed by atoms with E-state index in [1.54, 1.807) is 13.4 Å². The van der Waals surface area contributed by atoms with E-state index in [2.05, 4.69) is 30.6 Å². The molecule has 142 valence electrons. The summed E-state index contributed by atoms with van der Waals surface area (Å²) in [6.45, 7) is 8.53. The minimum absolute atomic E-state index is 0.336. The van der Waals surface area contributed by atoms with Crippen LogP contribution in [0.3, 0.4) is 0 Å². The lowest BCUT2D eigenvalue weighted by Crippen LogP contribution is -2.01. The molecule has 0 aliphatic rings. The van der Waals surface area contributed by atoms with Gasteiger partial charge in [-0.2, -0.15) is 0 Å². The molecule has 1 heterocycles. The Labute approximate surface area is 156 Å². The molecule has 26 heavy (non-hydrogen) atoms. The Kier molecular flexibility index (Phi) is 10.7. The smallest absolute Gasteiger partial charge is 0.330 e. The summed E-state index contributed by atoms with van der Waals surface area (Å²) >= 11 is 0. The third kappa shape index (κ3) is 9.18. The van der Waals surface area contributed by atoms with Crippen LogP contribution in [0.5, 0.6) is 0 Å². The van der Waals surface area contributed by atoms with Crippen LogP contribution in [0.25, 0.3) is 11.3 Å². The summed E-state index contributed by atoms with van der Waals surface area (Å²) in [5.41, 5.74) is 3.25. The molecule has 0 fully saturated rings. The highest BCUT2D eigenvalue weighted by Gasteiger charge is 2.01. The zero-order valence-electron chi connectivity index (χ0n) is 16.0. The molecular weight excluding hydrogens is 330 g/mol. The van der Waals surface area contributed by atoms with Crippen molar-refractivity contribution in [2.24, 2.45) is 0 Å². The quantitative estimate of drug-likeness (QED) is 0.363. The molecule has 0 unspecified atom stereocenters.